The molecule has 0 aliphatic carbocycles. The number of amides is 3. The van der Waals surface area contributed by atoms with Crippen molar-refractivity contribution in [2.75, 3.05) is 11.9 Å². The summed E-state index contributed by atoms with van der Waals surface area (Å²) in [7, 11) is 0. The molecule has 0 aromatic heterocycles. The number of aliphatic hydroxyl groups is 1. The van der Waals surface area contributed by atoms with Gasteiger partial charge in [0.2, 0.25) is 11.8 Å². The van der Waals surface area contributed by atoms with Crippen molar-refractivity contribution >= 4 is 29.4 Å². The fourth-order valence-electron chi connectivity index (χ4n) is 2.15. The molecular weight excluding hydrogens is 342 g/mol. The average molecular weight is 365 g/mol. The van der Waals surface area contributed by atoms with E-state index in [2.05, 4.69) is 16.0 Å². The first-order chi connectivity index (χ1) is 12.1. The predicted octanol–water partition coefficient (Wildman–Crippen LogP) is -0.0389. The van der Waals surface area contributed by atoms with Gasteiger partial charge in [0, 0.05) is 18.2 Å². The maximum atomic E-state index is 12.3. The molecule has 0 spiro atoms. The zero-order valence-corrected chi connectivity index (χ0v) is 14.8. The highest BCUT2D eigenvalue weighted by molar-refractivity contribution is 6.00. The third kappa shape index (κ3) is 6.17. The highest BCUT2D eigenvalue weighted by atomic mass is 16.4. The molecule has 142 valence electrons. The zero-order valence-electron chi connectivity index (χ0n) is 14.8. The second-order valence-corrected chi connectivity index (χ2v) is 6.04. The lowest BCUT2D eigenvalue weighted by Gasteiger charge is -2.18. The van der Waals surface area contributed by atoms with Gasteiger partial charge >= 0.3 is 5.97 Å². The van der Waals surface area contributed by atoms with Gasteiger partial charge in [0.1, 0.15) is 12.1 Å². The molecule has 0 fully saturated rings. The van der Waals surface area contributed by atoms with Crippen molar-refractivity contribution in [2.24, 2.45) is 5.92 Å². The molecule has 0 heterocycles. The number of hydrogen-bond donors (Lipinski definition) is 5. The van der Waals surface area contributed by atoms with Crippen LogP contribution in [-0.4, -0.2) is 52.6 Å². The van der Waals surface area contributed by atoms with Crippen LogP contribution in [0, 0.1) is 5.92 Å². The average Bonchev–Trinajstić information content (AvgIpc) is 2.56. The Morgan fingerprint density at radius 1 is 1.12 bits per heavy atom. The third-order valence-electron chi connectivity index (χ3n) is 3.49. The van der Waals surface area contributed by atoms with E-state index in [4.69, 9.17) is 5.11 Å². The minimum absolute atomic E-state index is 0.162. The molecule has 3 amide bonds. The first-order valence-electron chi connectivity index (χ1n) is 7.98. The quantitative estimate of drug-likeness (QED) is 0.437. The summed E-state index contributed by atoms with van der Waals surface area (Å²) in [4.78, 5) is 46.5. The van der Waals surface area contributed by atoms with Crippen LogP contribution in [0.5, 0.6) is 0 Å². The molecule has 2 atom stereocenters. The van der Waals surface area contributed by atoms with Crippen LogP contribution in [0.2, 0.25) is 0 Å². The second-order valence-electron chi connectivity index (χ2n) is 6.04. The fourth-order valence-corrected chi connectivity index (χ4v) is 2.15. The molecule has 9 heteroatoms. The lowest BCUT2D eigenvalue weighted by molar-refractivity contribution is -0.140. The van der Waals surface area contributed by atoms with Crippen molar-refractivity contribution in [1.82, 2.24) is 10.6 Å². The Morgan fingerprint density at radius 3 is 2.27 bits per heavy atom. The van der Waals surface area contributed by atoms with Gasteiger partial charge in [-0.1, -0.05) is 19.9 Å². The molecule has 0 unspecified atom stereocenters. The van der Waals surface area contributed by atoms with Gasteiger partial charge in [-0.3, -0.25) is 14.4 Å². The monoisotopic (exact) mass is 365 g/mol. The van der Waals surface area contributed by atoms with Crippen LogP contribution >= 0.6 is 0 Å². The Labute approximate surface area is 150 Å². The van der Waals surface area contributed by atoms with E-state index in [1.807, 2.05) is 0 Å². The van der Waals surface area contributed by atoms with Crippen molar-refractivity contribution in [3.05, 3.63) is 29.8 Å². The summed E-state index contributed by atoms with van der Waals surface area (Å²) in [5.74, 6) is -3.16. The summed E-state index contributed by atoms with van der Waals surface area (Å²) in [6, 6.07) is 3.72. The van der Waals surface area contributed by atoms with E-state index in [1.165, 1.54) is 31.2 Å². The van der Waals surface area contributed by atoms with E-state index in [0.717, 1.165) is 0 Å². The van der Waals surface area contributed by atoms with Crippen LogP contribution in [-0.2, 0) is 14.4 Å². The maximum Gasteiger partial charge on any atom is 0.326 e. The number of hydrogen-bond acceptors (Lipinski definition) is 5. The van der Waals surface area contributed by atoms with Crippen LogP contribution in [0.1, 0.15) is 31.1 Å². The van der Waals surface area contributed by atoms with Gasteiger partial charge in [-0.15, -0.1) is 0 Å². The van der Waals surface area contributed by atoms with Gasteiger partial charge in [0.15, 0.2) is 0 Å². The summed E-state index contributed by atoms with van der Waals surface area (Å²) in [5, 5.41) is 25.5. The predicted molar refractivity (Wildman–Crippen MR) is 93.5 cm³/mol. The number of aliphatic hydroxyl groups excluding tert-OH is 1. The number of carboxylic acids is 1. The highest BCUT2D eigenvalue weighted by Gasteiger charge is 2.24. The molecule has 26 heavy (non-hydrogen) atoms. The molecule has 1 rings (SSSR count). The summed E-state index contributed by atoms with van der Waals surface area (Å²) >= 11 is 0. The van der Waals surface area contributed by atoms with Crippen LogP contribution in [0.3, 0.4) is 0 Å². The van der Waals surface area contributed by atoms with Gasteiger partial charge in [0.25, 0.3) is 5.91 Å². The van der Waals surface area contributed by atoms with Crippen LogP contribution in [0.25, 0.3) is 0 Å². The zero-order chi connectivity index (χ0) is 19.9. The summed E-state index contributed by atoms with van der Waals surface area (Å²) in [6.07, 6.45) is 0. The smallest absolute Gasteiger partial charge is 0.326 e. The lowest BCUT2D eigenvalue weighted by Crippen LogP contribution is -2.45. The fraction of sp³-hybridized carbons (Fsp3) is 0.412. The van der Waals surface area contributed by atoms with Gasteiger partial charge in [-0.25, -0.2) is 4.79 Å². The molecule has 5 N–H and O–H groups in total. The number of rotatable bonds is 8. The number of anilines is 1. The second kappa shape index (κ2) is 9.52. The number of benzene rings is 1. The minimum atomic E-state index is -1.14. The van der Waals surface area contributed by atoms with Crippen molar-refractivity contribution in [3.8, 4) is 0 Å². The van der Waals surface area contributed by atoms with Crippen molar-refractivity contribution in [3.63, 3.8) is 0 Å². The third-order valence-corrected chi connectivity index (χ3v) is 3.49. The Morgan fingerprint density at radius 2 is 1.77 bits per heavy atom. The van der Waals surface area contributed by atoms with Gasteiger partial charge in [0.05, 0.1) is 6.61 Å². The Bertz CT molecular complexity index is 689. The van der Waals surface area contributed by atoms with Crippen LogP contribution in [0.4, 0.5) is 5.69 Å². The minimum Gasteiger partial charge on any atom is -0.480 e. The maximum absolute atomic E-state index is 12.3. The van der Waals surface area contributed by atoms with Gasteiger partial charge in [-0.2, -0.15) is 0 Å². The molecule has 0 aliphatic rings. The van der Waals surface area contributed by atoms with Crippen molar-refractivity contribution in [2.45, 2.75) is 32.9 Å². The first-order valence-corrected chi connectivity index (χ1v) is 7.98. The standard InChI is InChI=1S/C17H23N3O6/c1-9(2)14(17(25)26)20-15(23)11-5-4-6-12(7-11)19-16(24)13(8-21)18-10(3)22/h4-7,9,13-14,21H,8H2,1-3H3,(H,18,22)(H,19,24)(H,20,23)(H,25,26)/t13-,14-/m0/s1. The molecule has 0 saturated heterocycles. The van der Waals surface area contributed by atoms with Gasteiger partial charge in [-0.05, 0) is 24.1 Å². The van der Waals surface area contributed by atoms with E-state index in [9.17, 15) is 24.3 Å². The van der Waals surface area contributed by atoms with Gasteiger partial charge < -0.3 is 26.2 Å². The number of nitrogens with one attached hydrogen (secondary N) is 3. The number of aliphatic carboxylic acids is 1. The Balaban J connectivity index is 2.87. The number of carbonyl (C=O) groups is 4. The Kier molecular flexibility index (Phi) is 7.73. The molecule has 1 aromatic carbocycles. The normalized spacial score (nSPS) is 12.8. The molecule has 0 radical (unpaired) electrons. The molecule has 0 saturated carbocycles. The van der Waals surface area contributed by atoms with E-state index in [1.54, 1.807) is 13.8 Å². The summed E-state index contributed by atoms with van der Waals surface area (Å²) < 4.78 is 0. The molecule has 1 aromatic rings. The number of carbonyl (C=O) groups excluding carboxylic acids is 3. The molecular formula is C17H23N3O6. The van der Waals surface area contributed by atoms with Crippen LogP contribution < -0.4 is 16.0 Å². The largest absolute Gasteiger partial charge is 0.480 e. The van der Waals surface area contributed by atoms with E-state index in [-0.39, 0.29) is 17.2 Å². The highest BCUT2D eigenvalue weighted by Crippen LogP contribution is 2.12. The first kappa shape index (κ1) is 21.1. The van der Waals surface area contributed by atoms with Crippen molar-refractivity contribution < 1.29 is 29.4 Å². The molecule has 9 nitrogen and oxygen atoms in total. The summed E-state index contributed by atoms with van der Waals surface area (Å²) in [5.41, 5.74) is 0.428. The Hall–Kier alpha value is -2.94. The van der Waals surface area contributed by atoms with Crippen molar-refractivity contribution in [1.29, 1.82) is 0 Å². The SMILES string of the molecule is CC(=O)N[C@@H](CO)C(=O)Nc1cccc(C(=O)N[C@H](C(=O)O)C(C)C)c1. The topological polar surface area (TPSA) is 145 Å². The van der Waals surface area contributed by atoms with E-state index in [0.29, 0.717) is 0 Å². The molecule has 0 bridgehead atoms. The number of carboxylic acid groups (broad SMARTS) is 1. The van der Waals surface area contributed by atoms with E-state index >= 15 is 0 Å². The molecule has 0 aliphatic heterocycles. The van der Waals surface area contributed by atoms with E-state index < -0.39 is 42.4 Å². The lowest BCUT2D eigenvalue weighted by atomic mass is 10.0. The summed E-state index contributed by atoms with van der Waals surface area (Å²) in [6.45, 7) is 3.98. The van der Waals surface area contributed by atoms with Crippen LogP contribution in [0.15, 0.2) is 24.3 Å².